The Bertz CT molecular complexity index is 459. The van der Waals surface area contributed by atoms with Gasteiger partial charge in [-0.2, -0.15) is 0 Å². The Morgan fingerprint density at radius 1 is 1.10 bits per heavy atom. The van der Waals surface area contributed by atoms with Crippen LogP contribution in [0.1, 0.15) is 5.56 Å². The zero-order chi connectivity index (χ0) is 15.7. The van der Waals surface area contributed by atoms with Crippen molar-refractivity contribution in [3.8, 4) is 0 Å². The minimum atomic E-state index is -1.05. The molecule has 0 aliphatic heterocycles. The molecule has 0 saturated heterocycles. The molecule has 1 rings (SSSR count). The second-order valence-electron chi connectivity index (χ2n) is 4.21. The van der Waals surface area contributed by atoms with Crippen molar-refractivity contribution >= 4 is 33.5 Å². The molecule has 0 amide bonds. The summed E-state index contributed by atoms with van der Waals surface area (Å²) < 4.78 is 5.10. The molecule has 0 fully saturated rings. The number of carbonyl (C=O) groups excluding carboxylic acids is 1. The number of carboxylic acids is 1. The Hall–Kier alpha value is -1.22. The van der Waals surface area contributed by atoms with Gasteiger partial charge in [-0.1, -0.05) is 51.9 Å². The lowest BCUT2D eigenvalue weighted by Crippen LogP contribution is -2.34. The van der Waals surface area contributed by atoms with Gasteiger partial charge in [0.2, 0.25) is 0 Å². The topological polar surface area (TPSA) is 116 Å². The minimum Gasteiger partial charge on any atom is -0.480 e. The standard InChI is InChI=1S/C13H18N2O4S2/c14-10(12(16)17)7-20-21-8-11(15)13(18)19-6-9-4-2-1-3-5-9/h1-5,10-11H,6-8,14-15H2,(H,16,17). The third-order valence-electron chi connectivity index (χ3n) is 2.42. The predicted octanol–water partition coefficient (Wildman–Crippen LogP) is 0.850. The third kappa shape index (κ3) is 7.37. The molecule has 0 saturated carbocycles. The molecule has 8 heteroatoms. The van der Waals surface area contributed by atoms with E-state index in [0.717, 1.165) is 5.56 Å². The van der Waals surface area contributed by atoms with Crippen LogP contribution in [0.3, 0.4) is 0 Å². The van der Waals surface area contributed by atoms with Crippen LogP contribution in [-0.2, 0) is 20.9 Å². The predicted molar refractivity (Wildman–Crippen MR) is 84.7 cm³/mol. The lowest BCUT2D eigenvalue weighted by atomic mass is 10.2. The van der Waals surface area contributed by atoms with E-state index in [1.807, 2.05) is 30.3 Å². The number of carboxylic acid groups (broad SMARTS) is 1. The average molecular weight is 330 g/mol. The summed E-state index contributed by atoms with van der Waals surface area (Å²) in [4.78, 5) is 22.2. The van der Waals surface area contributed by atoms with Crippen molar-refractivity contribution in [3.05, 3.63) is 35.9 Å². The van der Waals surface area contributed by atoms with Gasteiger partial charge in [0, 0.05) is 11.5 Å². The van der Waals surface area contributed by atoms with Gasteiger partial charge in [-0.25, -0.2) is 0 Å². The first-order valence-corrected chi connectivity index (χ1v) is 8.68. The van der Waals surface area contributed by atoms with Crippen LogP contribution >= 0.6 is 21.6 Å². The Morgan fingerprint density at radius 2 is 1.67 bits per heavy atom. The zero-order valence-corrected chi connectivity index (χ0v) is 12.9. The Kier molecular flexibility index (Phi) is 8.21. The normalized spacial score (nSPS) is 13.4. The summed E-state index contributed by atoms with van der Waals surface area (Å²) in [6.45, 7) is 0.190. The fourth-order valence-electron chi connectivity index (χ4n) is 1.22. The molecule has 0 aliphatic rings. The second-order valence-corrected chi connectivity index (χ2v) is 6.77. The number of rotatable bonds is 9. The molecule has 2 unspecified atom stereocenters. The quantitative estimate of drug-likeness (QED) is 0.347. The van der Waals surface area contributed by atoms with Gasteiger partial charge < -0.3 is 21.3 Å². The third-order valence-corrected chi connectivity index (χ3v) is 4.90. The number of benzene rings is 1. The van der Waals surface area contributed by atoms with Crippen LogP contribution in [-0.4, -0.2) is 40.6 Å². The molecule has 0 spiro atoms. The maximum absolute atomic E-state index is 11.7. The summed E-state index contributed by atoms with van der Waals surface area (Å²) in [7, 11) is 2.58. The highest BCUT2D eigenvalue weighted by molar-refractivity contribution is 8.76. The number of aliphatic carboxylic acids is 1. The van der Waals surface area contributed by atoms with Crippen molar-refractivity contribution in [2.24, 2.45) is 11.5 Å². The SMILES string of the molecule is NC(CSSCC(N)C(=O)OCc1ccccc1)C(=O)O. The van der Waals surface area contributed by atoms with Gasteiger partial charge in [0.25, 0.3) is 0 Å². The van der Waals surface area contributed by atoms with Crippen LogP contribution in [0, 0.1) is 0 Å². The first-order chi connectivity index (χ1) is 10.0. The summed E-state index contributed by atoms with van der Waals surface area (Å²) >= 11 is 0. The highest BCUT2D eigenvalue weighted by Crippen LogP contribution is 2.22. The van der Waals surface area contributed by atoms with E-state index in [2.05, 4.69) is 0 Å². The molecule has 5 N–H and O–H groups in total. The van der Waals surface area contributed by atoms with E-state index in [-0.39, 0.29) is 12.4 Å². The fraction of sp³-hybridized carbons (Fsp3) is 0.385. The Balaban J connectivity index is 2.18. The molecule has 116 valence electrons. The van der Waals surface area contributed by atoms with Crippen molar-refractivity contribution in [3.63, 3.8) is 0 Å². The van der Waals surface area contributed by atoms with E-state index < -0.39 is 24.0 Å². The second kappa shape index (κ2) is 9.67. The lowest BCUT2D eigenvalue weighted by Gasteiger charge is -2.11. The molecule has 0 radical (unpaired) electrons. The van der Waals surface area contributed by atoms with E-state index >= 15 is 0 Å². The molecule has 6 nitrogen and oxygen atoms in total. The maximum atomic E-state index is 11.7. The van der Waals surface area contributed by atoms with Crippen LogP contribution < -0.4 is 11.5 Å². The van der Waals surface area contributed by atoms with Crippen LogP contribution in [0.5, 0.6) is 0 Å². The summed E-state index contributed by atoms with van der Waals surface area (Å²) in [6, 6.07) is 7.67. The highest BCUT2D eigenvalue weighted by Gasteiger charge is 2.16. The Morgan fingerprint density at radius 3 is 2.24 bits per heavy atom. The number of carbonyl (C=O) groups is 2. The van der Waals surface area contributed by atoms with Gasteiger partial charge in [0.05, 0.1) is 0 Å². The van der Waals surface area contributed by atoms with Crippen molar-refractivity contribution in [2.45, 2.75) is 18.7 Å². The molecule has 21 heavy (non-hydrogen) atoms. The first-order valence-electron chi connectivity index (χ1n) is 6.19. The summed E-state index contributed by atoms with van der Waals surface area (Å²) in [5.74, 6) is -0.930. The maximum Gasteiger partial charge on any atom is 0.324 e. The number of hydrogen-bond donors (Lipinski definition) is 3. The van der Waals surface area contributed by atoms with Gasteiger partial charge in [0.1, 0.15) is 18.7 Å². The van der Waals surface area contributed by atoms with Crippen LogP contribution in [0.2, 0.25) is 0 Å². The van der Waals surface area contributed by atoms with Crippen molar-refractivity contribution in [2.75, 3.05) is 11.5 Å². The number of esters is 1. The molecule has 0 aromatic heterocycles. The number of hydrogen-bond acceptors (Lipinski definition) is 7. The van der Waals surface area contributed by atoms with Gasteiger partial charge in [-0.3, -0.25) is 9.59 Å². The summed E-state index contributed by atoms with van der Waals surface area (Å²) in [5.41, 5.74) is 11.9. The van der Waals surface area contributed by atoms with Crippen molar-refractivity contribution in [1.29, 1.82) is 0 Å². The fourth-order valence-corrected chi connectivity index (χ4v) is 3.44. The van der Waals surface area contributed by atoms with Crippen LogP contribution in [0.4, 0.5) is 0 Å². The minimum absolute atomic E-state index is 0.190. The first kappa shape index (κ1) is 17.8. The van der Waals surface area contributed by atoms with Crippen LogP contribution in [0.25, 0.3) is 0 Å². The molecule has 0 bridgehead atoms. The largest absolute Gasteiger partial charge is 0.480 e. The van der Waals surface area contributed by atoms with Crippen molar-refractivity contribution < 1.29 is 19.4 Å². The lowest BCUT2D eigenvalue weighted by molar-refractivity contribution is -0.146. The van der Waals surface area contributed by atoms with Gasteiger partial charge in [-0.05, 0) is 5.56 Å². The average Bonchev–Trinajstić information content (AvgIpc) is 2.49. The summed E-state index contributed by atoms with van der Waals surface area (Å²) in [5, 5.41) is 8.61. The van der Waals surface area contributed by atoms with Gasteiger partial charge >= 0.3 is 11.9 Å². The molecule has 1 aromatic rings. The van der Waals surface area contributed by atoms with Gasteiger partial charge in [0.15, 0.2) is 0 Å². The zero-order valence-electron chi connectivity index (χ0n) is 11.3. The Labute approximate surface area is 131 Å². The van der Waals surface area contributed by atoms with Crippen molar-refractivity contribution in [1.82, 2.24) is 0 Å². The van der Waals surface area contributed by atoms with E-state index in [0.29, 0.717) is 5.75 Å². The smallest absolute Gasteiger partial charge is 0.324 e. The number of ether oxygens (including phenoxy) is 1. The summed E-state index contributed by atoms with van der Waals surface area (Å²) in [6.07, 6.45) is 0. The molecular formula is C13H18N2O4S2. The van der Waals surface area contributed by atoms with Crippen LogP contribution in [0.15, 0.2) is 30.3 Å². The molecule has 1 aromatic carbocycles. The molecule has 0 heterocycles. The van der Waals surface area contributed by atoms with Gasteiger partial charge in [-0.15, -0.1) is 0 Å². The van der Waals surface area contributed by atoms with E-state index in [1.165, 1.54) is 21.6 Å². The van der Waals surface area contributed by atoms with E-state index in [4.69, 9.17) is 21.3 Å². The molecule has 0 aliphatic carbocycles. The number of nitrogens with two attached hydrogens (primary N) is 2. The molecular weight excluding hydrogens is 312 g/mol. The highest BCUT2D eigenvalue weighted by atomic mass is 33.1. The molecule has 2 atom stereocenters. The van der Waals surface area contributed by atoms with E-state index in [1.54, 1.807) is 0 Å². The monoisotopic (exact) mass is 330 g/mol. The van der Waals surface area contributed by atoms with E-state index in [9.17, 15) is 9.59 Å².